The van der Waals surface area contributed by atoms with Gasteiger partial charge in [0.15, 0.2) is 11.2 Å². The van der Waals surface area contributed by atoms with Gasteiger partial charge in [-0.2, -0.15) is 4.99 Å². The van der Waals surface area contributed by atoms with Gasteiger partial charge in [0.1, 0.15) is 12.4 Å². The second kappa shape index (κ2) is 11.2. The number of hydrogen-bond acceptors (Lipinski definition) is 5. The normalized spacial score (nSPS) is 11.5. The predicted octanol–water partition coefficient (Wildman–Crippen LogP) is 2.42. The van der Waals surface area contributed by atoms with Crippen LogP contribution in [0, 0.1) is 6.92 Å². The summed E-state index contributed by atoms with van der Waals surface area (Å²) in [4.78, 5) is 32.4. The van der Waals surface area contributed by atoms with Crippen molar-refractivity contribution in [1.82, 2.24) is 14.9 Å². The van der Waals surface area contributed by atoms with Crippen LogP contribution in [0.5, 0.6) is 5.75 Å². The van der Waals surface area contributed by atoms with Crippen molar-refractivity contribution in [3.63, 3.8) is 0 Å². The molecule has 0 radical (unpaired) electrons. The maximum Gasteiger partial charge on any atom is 0.273 e. The predicted molar refractivity (Wildman–Crippen MR) is 122 cm³/mol. The van der Waals surface area contributed by atoms with Crippen LogP contribution in [0.25, 0.3) is 11.0 Å². The third-order valence-electron chi connectivity index (χ3n) is 5.11. The summed E-state index contributed by atoms with van der Waals surface area (Å²) in [6, 6.07) is 13.9. The lowest BCUT2D eigenvalue weighted by atomic mass is 10.1. The molecule has 0 fully saturated rings. The van der Waals surface area contributed by atoms with Gasteiger partial charge in [-0.25, -0.2) is 4.98 Å². The van der Waals surface area contributed by atoms with Gasteiger partial charge in [0.25, 0.3) is 5.91 Å². The van der Waals surface area contributed by atoms with E-state index >= 15 is 0 Å². The summed E-state index contributed by atoms with van der Waals surface area (Å²) in [6.45, 7) is 3.34. The van der Waals surface area contributed by atoms with Crippen molar-refractivity contribution in [2.45, 2.75) is 26.3 Å². The number of carbonyl (C=O) groups excluding carboxylic acids is 2. The Labute approximate surface area is 186 Å². The minimum absolute atomic E-state index is 0.110. The quantitative estimate of drug-likeness (QED) is 0.389. The highest BCUT2D eigenvalue weighted by Gasteiger charge is 2.17. The number of methoxy groups -OCH3 is 1. The van der Waals surface area contributed by atoms with E-state index in [-0.39, 0.29) is 11.2 Å². The summed E-state index contributed by atoms with van der Waals surface area (Å²) in [5.41, 5.74) is 3.81. The van der Waals surface area contributed by atoms with Crippen molar-refractivity contribution in [3.05, 3.63) is 64.8 Å². The number of aromatic nitrogens is 2. The molecule has 2 aromatic carbocycles. The molecule has 0 aliphatic heterocycles. The molecule has 3 rings (SSSR count). The Bertz CT molecular complexity index is 1160. The highest BCUT2D eigenvalue weighted by molar-refractivity contribution is 5.94. The molecule has 1 aromatic heterocycles. The molecule has 1 N–H and O–H groups in total. The van der Waals surface area contributed by atoms with Crippen LogP contribution < -0.4 is 15.5 Å². The van der Waals surface area contributed by atoms with Gasteiger partial charge in [0.05, 0.1) is 17.6 Å². The SMILES string of the molecule is CNC(=O)c1nc2cc(C)c(OCCOC)cc2n(CCCc2ccccc2)c1=NC=O. The number of fused-ring (bicyclic) bond motifs is 1. The first-order valence-electron chi connectivity index (χ1n) is 10.5. The lowest BCUT2D eigenvalue weighted by molar-refractivity contribution is -0.107. The number of rotatable bonds is 10. The number of nitrogens with zero attached hydrogens (tertiary/aromatic N) is 3. The molecule has 0 spiro atoms. The molecule has 0 aliphatic rings. The smallest absolute Gasteiger partial charge is 0.273 e. The van der Waals surface area contributed by atoms with E-state index in [4.69, 9.17) is 9.47 Å². The fraction of sp³-hybridized carbons (Fsp3) is 0.333. The van der Waals surface area contributed by atoms with Gasteiger partial charge in [-0.15, -0.1) is 0 Å². The zero-order valence-electron chi connectivity index (χ0n) is 18.6. The highest BCUT2D eigenvalue weighted by Crippen LogP contribution is 2.24. The first kappa shape index (κ1) is 23.1. The average Bonchev–Trinajstić information content (AvgIpc) is 2.81. The molecule has 8 nitrogen and oxygen atoms in total. The van der Waals surface area contributed by atoms with E-state index in [1.54, 1.807) is 7.11 Å². The molecule has 8 heteroatoms. The van der Waals surface area contributed by atoms with E-state index in [0.29, 0.717) is 37.4 Å². The van der Waals surface area contributed by atoms with Gasteiger partial charge < -0.3 is 19.4 Å². The summed E-state index contributed by atoms with van der Waals surface area (Å²) in [5, 5.41) is 2.58. The van der Waals surface area contributed by atoms with Crippen LogP contribution in [0.15, 0.2) is 47.5 Å². The fourth-order valence-corrected chi connectivity index (χ4v) is 3.53. The van der Waals surface area contributed by atoms with Gasteiger partial charge in [-0.05, 0) is 37.0 Å². The first-order valence-corrected chi connectivity index (χ1v) is 10.5. The fourth-order valence-electron chi connectivity index (χ4n) is 3.53. The number of amides is 2. The second-order valence-corrected chi connectivity index (χ2v) is 7.29. The third-order valence-corrected chi connectivity index (χ3v) is 5.11. The van der Waals surface area contributed by atoms with E-state index in [1.807, 2.05) is 41.8 Å². The molecule has 0 bridgehead atoms. The number of nitrogens with one attached hydrogen (secondary N) is 1. The van der Waals surface area contributed by atoms with Crippen molar-refractivity contribution in [3.8, 4) is 5.75 Å². The molecule has 0 atom stereocenters. The monoisotopic (exact) mass is 436 g/mol. The van der Waals surface area contributed by atoms with Crippen molar-refractivity contribution in [2.24, 2.45) is 4.99 Å². The second-order valence-electron chi connectivity index (χ2n) is 7.29. The Morgan fingerprint density at radius 1 is 1.22 bits per heavy atom. The molecule has 32 heavy (non-hydrogen) atoms. The van der Waals surface area contributed by atoms with Gasteiger partial charge in [-0.1, -0.05) is 30.3 Å². The summed E-state index contributed by atoms with van der Waals surface area (Å²) < 4.78 is 12.8. The van der Waals surface area contributed by atoms with Gasteiger partial charge >= 0.3 is 0 Å². The Morgan fingerprint density at radius 2 is 2.00 bits per heavy atom. The molecule has 0 saturated carbocycles. The van der Waals surface area contributed by atoms with E-state index in [1.165, 1.54) is 12.6 Å². The molecule has 0 unspecified atom stereocenters. The summed E-state index contributed by atoms with van der Waals surface area (Å²) in [6.07, 6.45) is 2.07. The zero-order chi connectivity index (χ0) is 22.9. The van der Waals surface area contributed by atoms with E-state index in [2.05, 4.69) is 27.4 Å². The zero-order valence-corrected chi connectivity index (χ0v) is 18.6. The van der Waals surface area contributed by atoms with Gasteiger partial charge in [0, 0.05) is 26.8 Å². The summed E-state index contributed by atoms with van der Waals surface area (Å²) >= 11 is 0. The molecular weight excluding hydrogens is 408 g/mol. The molecule has 1 heterocycles. The highest BCUT2D eigenvalue weighted by atomic mass is 16.5. The topological polar surface area (TPSA) is 94.8 Å². The standard InChI is InChI=1S/C24H28N4O4/c1-17-14-19-20(15-21(17)32-13-12-31-3)28(11-7-10-18-8-5-4-6-9-18)23(26-16-29)22(27-19)24(30)25-2/h4-6,8-9,14-16H,7,10-13H2,1-3H3,(H,25,30). The van der Waals surface area contributed by atoms with Crippen LogP contribution in [0.2, 0.25) is 0 Å². The van der Waals surface area contributed by atoms with E-state index in [9.17, 15) is 9.59 Å². The third kappa shape index (κ3) is 5.39. The van der Waals surface area contributed by atoms with Crippen molar-refractivity contribution in [2.75, 3.05) is 27.4 Å². The number of ether oxygens (including phenoxy) is 2. The van der Waals surface area contributed by atoms with Crippen molar-refractivity contribution in [1.29, 1.82) is 0 Å². The van der Waals surface area contributed by atoms with Crippen molar-refractivity contribution >= 4 is 23.4 Å². The minimum atomic E-state index is -0.401. The number of carbonyl (C=O) groups is 2. The molecule has 168 valence electrons. The lowest BCUT2D eigenvalue weighted by Crippen LogP contribution is -2.34. The Hall–Kier alpha value is -3.52. The summed E-state index contributed by atoms with van der Waals surface area (Å²) in [5.74, 6) is 0.292. The molecule has 0 saturated heterocycles. The van der Waals surface area contributed by atoms with Crippen LogP contribution >= 0.6 is 0 Å². The Morgan fingerprint density at radius 3 is 2.69 bits per heavy atom. The number of benzene rings is 2. The van der Waals surface area contributed by atoms with Crippen LogP contribution in [-0.4, -0.2) is 49.2 Å². The van der Waals surface area contributed by atoms with Gasteiger partial charge in [0.2, 0.25) is 6.41 Å². The van der Waals surface area contributed by atoms with Crippen molar-refractivity contribution < 1.29 is 19.1 Å². The van der Waals surface area contributed by atoms with Crippen LogP contribution in [-0.2, 0) is 22.5 Å². The Kier molecular flexibility index (Phi) is 8.10. The van der Waals surface area contributed by atoms with Crippen LogP contribution in [0.1, 0.15) is 28.0 Å². The minimum Gasteiger partial charge on any atom is -0.491 e. The summed E-state index contributed by atoms with van der Waals surface area (Å²) in [7, 11) is 3.14. The maximum atomic E-state index is 12.5. The first-order chi connectivity index (χ1) is 15.6. The van der Waals surface area contributed by atoms with Crippen LogP contribution in [0.4, 0.5) is 0 Å². The Balaban J connectivity index is 2.11. The average molecular weight is 437 g/mol. The van der Waals surface area contributed by atoms with E-state index < -0.39 is 5.91 Å². The maximum absolute atomic E-state index is 12.5. The number of hydrogen-bond donors (Lipinski definition) is 1. The molecular formula is C24H28N4O4. The molecule has 0 aliphatic carbocycles. The lowest BCUT2D eigenvalue weighted by Gasteiger charge is -2.17. The number of aryl methyl sites for hydroxylation is 3. The molecule has 3 aromatic rings. The molecule has 2 amide bonds. The largest absolute Gasteiger partial charge is 0.491 e. The van der Waals surface area contributed by atoms with Crippen LogP contribution in [0.3, 0.4) is 0 Å². The van der Waals surface area contributed by atoms with Gasteiger partial charge in [-0.3, -0.25) is 9.59 Å². The van der Waals surface area contributed by atoms with E-state index in [0.717, 1.165) is 23.9 Å².